The summed E-state index contributed by atoms with van der Waals surface area (Å²) in [6.07, 6.45) is 3.63. The highest BCUT2D eigenvalue weighted by Crippen LogP contribution is 2.25. The standard InChI is InChI=1S/C8H10N2O2/c11-8-9-4-3-6(10-8)7-2-1-5-12-7/h3-4,7H,1-2,5H2,(H,9,10,11). The molecule has 1 unspecified atom stereocenters. The summed E-state index contributed by atoms with van der Waals surface area (Å²) >= 11 is 0. The minimum atomic E-state index is -0.303. The van der Waals surface area contributed by atoms with Crippen molar-refractivity contribution in [2.75, 3.05) is 6.61 Å². The van der Waals surface area contributed by atoms with Crippen molar-refractivity contribution in [1.29, 1.82) is 0 Å². The van der Waals surface area contributed by atoms with Gasteiger partial charge in [0.2, 0.25) is 0 Å². The van der Waals surface area contributed by atoms with Gasteiger partial charge in [-0.1, -0.05) is 0 Å². The summed E-state index contributed by atoms with van der Waals surface area (Å²) in [5.41, 5.74) is 0.538. The predicted octanol–water partition coefficient (Wildman–Crippen LogP) is 0.621. The maximum atomic E-state index is 10.8. The number of rotatable bonds is 1. The van der Waals surface area contributed by atoms with Crippen LogP contribution in [0.3, 0.4) is 0 Å². The van der Waals surface area contributed by atoms with Crippen molar-refractivity contribution in [3.63, 3.8) is 0 Å². The Morgan fingerprint density at radius 3 is 3.25 bits per heavy atom. The van der Waals surface area contributed by atoms with Gasteiger partial charge in [-0.15, -0.1) is 0 Å². The van der Waals surface area contributed by atoms with E-state index in [0.29, 0.717) is 0 Å². The van der Waals surface area contributed by atoms with Gasteiger partial charge >= 0.3 is 5.69 Å². The smallest absolute Gasteiger partial charge is 0.345 e. The van der Waals surface area contributed by atoms with Crippen molar-refractivity contribution < 1.29 is 4.74 Å². The van der Waals surface area contributed by atoms with E-state index < -0.39 is 0 Å². The third-order valence-corrected chi connectivity index (χ3v) is 1.97. The average molecular weight is 166 g/mol. The maximum Gasteiger partial charge on any atom is 0.345 e. The van der Waals surface area contributed by atoms with Crippen LogP contribution in [-0.4, -0.2) is 16.6 Å². The Balaban J connectivity index is 2.27. The van der Waals surface area contributed by atoms with E-state index in [4.69, 9.17) is 4.74 Å². The van der Waals surface area contributed by atoms with Gasteiger partial charge in [0, 0.05) is 18.5 Å². The Kier molecular flexibility index (Phi) is 1.91. The second-order valence-corrected chi connectivity index (χ2v) is 2.83. The van der Waals surface area contributed by atoms with Gasteiger partial charge in [0.05, 0.1) is 6.10 Å². The first-order chi connectivity index (χ1) is 5.86. The molecule has 0 saturated carbocycles. The number of hydrogen-bond donors (Lipinski definition) is 1. The summed E-state index contributed by atoms with van der Waals surface area (Å²) in [6, 6.07) is 1.79. The topological polar surface area (TPSA) is 55.0 Å². The Bertz CT molecular complexity index is 315. The van der Waals surface area contributed by atoms with E-state index in [1.165, 1.54) is 6.20 Å². The van der Waals surface area contributed by atoms with Gasteiger partial charge in [0.15, 0.2) is 0 Å². The Hall–Kier alpha value is -1.16. The fourth-order valence-corrected chi connectivity index (χ4v) is 1.39. The van der Waals surface area contributed by atoms with Gasteiger partial charge in [0.25, 0.3) is 0 Å². The molecule has 1 atom stereocenters. The molecule has 1 N–H and O–H groups in total. The van der Waals surface area contributed by atoms with Gasteiger partial charge in [0.1, 0.15) is 0 Å². The number of aromatic nitrogens is 2. The van der Waals surface area contributed by atoms with Gasteiger partial charge in [-0.3, -0.25) is 0 Å². The minimum absolute atomic E-state index is 0.0701. The molecule has 0 radical (unpaired) electrons. The summed E-state index contributed by atoms with van der Waals surface area (Å²) in [6.45, 7) is 0.787. The van der Waals surface area contributed by atoms with Crippen molar-refractivity contribution in [3.8, 4) is 0 Å². The Labute approximate surface area is 69.6 Å². The first-order valence-corrected chi connectivity index (χ1v) is 4.03. The van der Waals surface area contributed by atoms with Crippen LogP contribution in [0.15, 0.2) is 17.1 Å². The summed E-state index contributed by atoms with van der Waals surface area (Å²) in [5.74, 6) is 0. The molecule has 1 saturated heterocycles. The van der Waals surface area contributed by atoms with Crippen molar-refractivity contribution in [1.82, 2.24) is 9.97 Å². The summed E-state index contributed by atoms with van der Waals surface area (Å²) in [7, 11) is 0. The molecule has 0 aromatic carbocycles. The van der Waals surface area contributed by atoms with E-state index in [9.17, 15) is 4.79 Å². The molecular weight excluding hydrogens is 156 g/mol. The van der Waals surface area contributed by atoms with E-state index in [1.54, 1.807) is 6.07 Å². The Morgan fingerprint density at radius 1 is 1.67 bits per heavy atom. The number of hydrogen-bond acceptors (Lipinski definition) is 3. The van der Waals surface area contributed by atoms with Crippen LogP contribution in [-0.2, 0) is 4.74 Å². The molecular formula is C8H10N2O2. The number of aromatic amines is 1. The quantitative estimate of drug-likeness (QED) is 0.665. The van der Waals surface area contributed by atoms with Crippen molar-refractivity contribution in [3.05, 3.63) is 28.4 Å². The molecule has 1 aromatic heterocycles. The van der Waals surface area contributed by atoms with Crippen molar-refractivity contribution in [2.45, 2.75) is 18.9 Å². The zero-order valence-electron chi connectivity index (χ0n) is 6.62. The monoisotopic (exact) mass is 166 g/mol. The van der Waals surface area contributed by atoms with E-state index >= 15 is 0 Å². The second-order valence-electron chi connectivity index (χ2n) is 2.83. The molecule has 0 bridgehead atoms. The first-order valence-electron chi connectivity index (χ1n) is 4.03. The first kappa shape index (κ1) is 7.49. The van der Waals surface area contributed by atoms with Gasteiger partial charge < -0.3 is 9.72 Å². The van der Waals surface area contributed by atoms with Gasteiger partial charge in [-0.25, -0.2) is 9.78 Å². The van der Waals surface area contributed by atoms with Crippen molar-refractivity contribution in [2.24, 2.45) is 0 Å². The van der Waals surface area contributed by atoms with Crippen LogP contribution < -0.4 is 5.69 Å². The second kappa shape index (κ2) is 3.06. The normalized spacial score (nSPS) is 22.8. The zero-order chi connectivity index (χ0) is 8.39. The lowest BCUT2D eigenvalue weighted by molar-refractivity contribution is 0.108. The van der Waals surface area contributed by atoms with Crippen LogP contribution in [0.2, 0.25) is 0 Å². The van der Waals surface area contributed by atoms with Crippen LogP contribution in [0, 0.1) is 0 Å². The molecule has 0 spiro atoms. The lowest BCUT2D eigenvalue weighted by Crippen LogP contribution is -2.13. The lowest BCUT2D eigenvalue weighted by atomic mass is 10.2. The lowest BCUT2D eigenvalue weighted by Gasteiger charge is -2.07. The van der Waals surface area contributed by atoms with E-state index in [2.05, 4.69) is 9.97 Å². The maximum absolute atomic E-state index is 10.8. The molecule has 0 amide bonds. The van der Waals surface area contributed by atoms with Gasteiger partial charge in [-0.2, -0.15) is 0 Å². The van der Waals surface area contributed by atoms with E-state index in [-0.39, 0.29) is 11.8 Å². The highest BCUT2D eigenvalue weighted by molar-refractivity contribution is 5.03. The predicted molar refractivity (Wildman–Crippen MR) is 42.8 cm³/mol. The third kappa shape index (κ3) is 1.38. The number of H-pyrrole nitrogens is 1. The molecule has 1 aromatic rings. The number of ether oxygens (including phenoxy) is 1. The van der Waals surface area contributed by atoms with Crippen LogP contribution in [0.25, 0.3) is 0 Å². The van der Waals surface area contributed by atoms with E-state index in [0.717, 1.165) is 25.1 Å². The molecule has 1 aliphatic rings. The summed E-state index contributed by atoms with van der Waals surface area (Å²) in [4.78, 5) is 17.0. The number of nitrogens with zero attached hydrogens (tertiary/aromatic N) is 1. The van der Waals surface area contributed by atoms with Crippen LogP contribution in [0.4, 0.5) is 0 Å². The molecule has 4 nitrogen and oxygen atoms in total. The largest absolute Gasteiger partial charge is 0.372 e. The SMILES string of the molecule is O=c1nccc(C2CCCO2)[nH]1. The van der Waals surface area contributed by atoms with E-state index in [1.807, 2.05) is 0 Å². The fraction of sp³-hybridized carbons (Fsp3) is 0.500. The van der Waals surface area contributed by atoms with Gasteiger partial charge in [-0.05, 0) is 18.9 Å². The molecule has 12 heavy (non-hydrogen) atoms. The molecule has 4 heteroatoms. The average Bonchev–Trinajstić information content (AvgIpc) is 2.56. The highest BCUT2D eigenvalue weighted by Gasteiger charge is 2.17. The van der Waals surface area contributed by atoms with Crippen molar-refractivity contribution >= 4 is 0 Å². The molecule has 0 aliphatic carbocycles. The summed E-state index contributed by atoms with van der Waals surface area (Å²) in [5, 5.41) is 0. The van der Waals surface area contributed by atoms with Crippen LogP contribution in [0.5, 0.6) is 0 Å². The van der Waals surface area contributed by atoms with Crippen LogP contribution >= 0.6 is 0 Å². The Morgan fingerprint density at radius 2 is 2.58 bits per heavy atom. The highest BCUT2D eigenvalue weighted by atomic mass is 16.5. The molecule has 2 rings (SSSR count). The zero-order valence-corrected chi connectivity index (χ0v) is 6.62. The number of nitrogens with one attached hydrogen (secondary N) is 1. The van der Waals surface area contributed by atoms with Crippen LogP contribution in [0.1, 0.15) is 24.6 Å². The minimum Gasteiger partial charge on any atom is -0.372 e. The molecule has 1 fully saturated rings. The third-order valence-electron chi connectivity index (χ3n) is 1.97. The molecule has 64 valence electrons. The molecule has 2 heterocycles. The fourth-order valence-electron chi connectivity index (χ4n) is 1.39. The molecule has 1 aliphatic heterocycles. The summed E-state index contributed by atoms with van der Waals surface area (Å²) < 4.78 is 5.40.